The van der Waals surface area contributed by atoms with Gasteiger partial charge >= 0.3 is 11.9 Å². The molecular weight excluding hydrogens is 368 g/mol. The average molecular weight is 388 g/mol. The van der Waals surface area contributed by atoms with Crippen molar-refractivity contribution in [3.63, 3.8) is 0 Å². The minimum absolute atomic E-state index is 0.0630. The molecule has 1 aliphatic rings. The number of aromatic nitrogens is 2. The van der Waals surface area contributed by atoms with Crippen molar-refractivity contribution in [1.29, 1.82) is 0 Å². The quantitative estimate of drug-likeness (QED) is 0.701. The molecule has 2 aromatic rings. The van der Waals surface area contributed by atoms with E-state index in [1.165, 1.54) is 0 Å². The summed E-state index contributed by atoms with van der Waals surface area (Å²) in [6, 6.07) is 1.45. The molecule has 0 bridgehead atoms. The molecule has 2 heterocycles. The molecule has 0 amide bonds. The standard InChI is InChI=1S/C17H20F4N4O2/c1-8-7-22-4-3-11(8)9(2)23-13-6-10(15-24-25-16(26)27-15)5-12(18)14(13)17(19,20)21/h5-6,8-9,11,22-23H,3-4,7H2,1-2H3,(H,25,26)/t8-,9?,11+/m0/s1. The molecule has 10 heteroatoms. The van der Waals surface area contributed by atoms with Crippen LogP contribution >= 0.6 is 0 Å². The molecule has 3 rings (SSSR count). The second-order valence-electron chi connectivity index (χ2n) is 6.86. The van der Waals surface area contributed by atoms with Crippen LogP contribution in [0.25, 0.3) is 11.5 Å². The summed E-state index contributed by atoms with van der Waals surface area (Å²) in [6.07, 6.45) is -4.08. The van der Waals surface area contributed by atoms with Crippen molar-refractivity contribution in [2.75, 3.05) is 18.4 Å². The van der Waals surface area contributed by atoms with Gasteiger partial charge in [-0.05, 0) is 50.4 Å². The minimum atomic E-state index is -4.88. The monoisotopic (exact) mass is 388 g/mol. The zero-order valence-corrected chi connectivity index (χ0v) is 14.8. The number of rotatable bonds is 4. The van der Waals surface area contributed by atoms with Crippen LogP contribution in [0.1, 0.15) is 25.8 Å². The Balaban J connectivity index is 2.00. The van der Waals surface area contributed by atoms with Crippen molar-refractivity contribution in [3.8, 4) is 11.5 Å². The molecule has 0 aliphatic carbocycles. The van der Waals surface area contributed by atoms with E-state index in [1.807, 2.05) is 12.0 Å². The summed E-state index contributed by atoms with van der Waals surface area (Å²) in [4.78, 5) is 11.1. The van der Waals surface area contributed by atoms with Crippen LogP contribution < -0.4 is 16.4 Å². The lowest BCUT2D eigenvalue weighted by Gasteiger charge is -2.35. The summed E-state index contributed by atoms with van der Waals surface area (Å²) in [5.41, 5.74) is -1.84. The van der Waals surface area contributed by atoms with E-state index in [0.717, 1.165) is 25.6 Å². The maximum absolute atomic E-state index is 14.3. The summed E-state index contributed by atoms with van der Waals surface area (Å²) in [5, 5.41) is 11.6. The molecule has 0 spiro atoms. The first-order valence-corrected chi connectivity index (χ1v) is 8.60. The second kappa shape index (κ2) is 7.34. The van der Waals surface area contributed by atoms with Crippen LogP contribution in [0.15, 0.2) is 21.3 Å². The SMILES string of the molecule is CC(Nc1cc(-c2n[nH]c(=O)o2)cc(F)c1C(F)(F)F)[C@@H]1CCNC[C@@H]1C. The largest absolute Gasteiger partial charge is 0.434 e. The van der Waals surface area contributed by atoms with Crippen LogP contribution in [0, 0.1) is 17.7 Å². The predicted octanol–water partition coefficient (Wildman–Crippen LogP) is 3.23. The van der Waals surface area contributed by atoms with Gasteiger partial charge in [0.2, 0.25) is 5.89 Å². The third-order valence-electron chi connectivity index (χ3n) is 4.94. The number of halogens is 4. The van der Waals surface area contributed by atoms with Crippen molar-refractivity contribution in [1.82, 2.24) is 15.5 Å². The molecular formula is C17H20F4N4O2. The molecule has 1 aromatic heterocycles. The predicted molar refractivity (Wildman–Crippen MR) is 90.7 cm³/mol. The Kier molecular flexibility index (Phi) is 5.27. The van der Waals surface area contributed by atoms with E-state index >= 15 is 0 Å². The average Bonchev–Trinajstić information content (AvgIpc) is 3.00. The highest BCUT2D eigenvalue weighted by Gasteiger charge is 2.39. The third kappa shape index (κ3) is 4.15. The van der Waals surface area contributed by atoms with Crippen LogP contribution in [0.3, 0.4) is 0 Å². The first-order chi connectivity index (χ1) is 12.7. The fourth-order valence-electron chi connectivity index (χ4n) is 3.61. The minimum Gasteiger partial charge on any atom is -0.388 e. The summed E-state index contributed by atoms with van der Waals surface area (Å²) in [5.74, 6) is -2.23. The zero-order valence-electron chi connectivity index (χ0n) is 14.8. The Morgan fingerprint density at radius 3 is 2.70 bits per heavy atom. The Hall–Kier alpha value is -2.36. The Morgan fingerprint density at radius 2 is 2.11 bits per heavy atom. The smallest absolute Gasteiger partial charge is 0.388 e. The van der Waals surface area contributed by atoms with E-state index in [4.69, 9.17) is 4.42 Å². The topological polar surface area (TPSA) is 83.0 Å². The molecule has 148 valence electrons. The number of alkyl halides is 3. The molecule has 1 unspecified atom stereocenters. The summed E-state index contributed by atoms with van der Waals surface area (Å²) in [7, 11) is 0. The third-order valence-corrected chi connectivity index (χ3v) is 4.94. The Bertz CT molecular complexity index is 861. The number of piperidine rings is 1. The molecule has 6 nitrogen and oxygen atoms in total. The summed E-state index contributed by atoms with van der Waals surface area (Å²) >= 11 is 0. The van der Waals surface area contributed by atoms with Crippen molar-refractivity contribution < 1.29 is 22.0 Å². The lowest BCUT2D eigenvalue weighted by atomic mass is 9.82. The van der Waals surface area contributed by atoms with Crippen LogP contribution in [0.2, 0.25) is 0 Å². The maximum atomic E-state index is 14.3. The number of benzene rings is 1. The number of hydrogen-bond acceptors (Lipinski definition) is 5. The molecule has 1 aromatic carbocycles. The number of nitrogens with one attached hydrogen (secondary N) is 3. The molecule has 1 saturated heterocycles. The number of anilines is 1. The van der Waals surface area contributed by atoms with E-state index in [0.29, 0.717) is 6.07 Å². The van der Waals surface area contributed by atoms with Crippen molar-refractivity contribution in [2.45, 2.75) is 32.5 Å². The van der Waals surface area contributed by atoms with E-state index in [1.54, 1.807) is 6.92 Å². The van der Waals surface area contributed by atoms with Gasteiger partial charge < -0.3 is 15.1 Å². The van der Waals surface area contributed by atoms with E-state index in [9.17, 15) is 22.4 Å². The van der Waals surface area contributed by atoms with Gasteiger partial charge in [-0.2, -0.15) is 13.2 Å². The summed E-state index contributed by atoms with van der Waals surface area (Å²) < 4.78 is 59.4. The van der Waals surface area contributed by atoms with Gasteiger partial charge in [0.1, 0.15) is 11.4 Å². The van der Waals surface area contributed by atoms with E-state index < -0.39 is 29.0 Å². The first-order valence-electron chi connectivity index (χ1n) is 8.60. The van der Waals surface area contributed by atoms with Crippen LogP contribution in [0.5, 0.6) is 0 Å². The van der Waals surface area contributed by atoms with E-state index in [2.05, 4.69) is 15.7 Å². The number of H-pyrrole nitrogens is 1. The van der Waals surface area contributed by atoms with Gasteiger partial charge in [-0.1, -0.05) is 6.92 Å². The molecule has 3 atom stereocenters. The maximum Gasteiger partial charge on any atom is 0.434 e. The fourth-order valence-corrected chi connectivity index (χ4v) is 3.61. The Morgan fingerprint density at radius 1 is 1.37 bits per heavy atom. The van der Waals surface area contributed by atoms with Gasteiger partial charge in [0.25, 0.3) is 0 Å². The molecule has 0 radical (unpaired) electrons. The van der Waals surface area contributed by atoms with Crippen molar-refractivity contribution in [2.24, 2.45) is 11.8 Å². The van der Waals surface area contributed by atoms with Gasteiger partial charge in [-0.25, -0.2) is 14.3 Å². The second-order valence-corrected chi connectivity index (χ2v) is 6.86. The molecule has 0 saturated carbocycles. The van der Waals surface area contributed by atoms with Crippen molar-refractivity contribution >= 4 is 5.69 Å². The first kappa shape index (κ1) is 19.4. The number of aromatic amines is 1. The van der Waals surface area contributed by atoms with E-state index in [-0.39, 0.29) is 29.3 Å². The lowest BCUT2D eigenvalue weighted by molar-refractivity contribution is -0.139. The molecule has 27 heavy (non-hydrogen) atoms. The van der Waals surface area contributed by atoms with Gasteiger partial charge in [0.05, 0.1) is 5.69 Å². The Labute approximate surface area is 152 Å². The number of nitrogens with zero attached hydrogens (tertiary/aromatic N) is 1. The van der Waals surface area contributed by atoms with Gasteiger partial charge in [0.15, 0.2) is 0 Å². The lowest BCUT2D eigenvalue weighted by Crippen LogP contribution is -2.42. The van der Waals surface area contributed by atoms with Crippen LogP contribution in [-0.2, 0) is 6.18 Å². The highest BCUT2D eigenvalue weighted by Crippen LogP contribution is 2.40. The zero-order chi connectivity index (χ0) is 19.8. The molecule has 1 fully saturated rings. The van der Waals surface area contributed by atoms with Gasteiger partial charge in [0, 0.05) is 11.6 Å². The van der Waals surface area contributed by atoms with Crippen LogP contribution in [0.4, 0.5) is 23.2 Å². The van der Waals surface area contributed by atoms with Crippen molar-refractivity contribution in [3.05, 3.63) is 34.1 Å². The number of hydrogen-bond donors (Lipinski definition) is 3. The normalized spacial score (nSPS) is 21.9. The van der Waals surface area contributed by atoms with Gasteiger partial charge in [-0.15, -0.1) is 5.10 Å². The molecule has 1 aliphatic heterocycles. The highest BCUT2D eigenvalue weighted by atomic mass is 19.4. The molecule has 3 N–H and O–H groups in total. The summed E-state index contributed by atoms with van der Waals surface area (Å²) in [6.45, 7) is 5.36. The van der Waals surface area contributed by atoms with Gasteiger partial charge in [-0.3, -0.25) is 0 Å². The fraction of sp³-hybridized carbons (Fsp3) is 0.529. The van der Waals surface area contributed by atoms with Crippen LogP contribution in [-0.4, -0.2) is 29.3 Å². The highest BCUT2D eigenvalue weighted by molar-refractivity contribution is 5.66.